The molecule has 0 amide bonds. The zero-order valence-electron chi connectivity index (χ0n) is 17.9. The summed E-state index contributed by atoms with van der Waals surface area (Å²) in [6, 6.07) is 22.1. The molecule has 1 N–H and O–H groups in total. The average Bonchev–Trinajstić information content (AvgIpc) is 3.19. The highest BCUT2D eigenvalue weighted by Crippen LogP contribution is 2.41. The third-order valence-corrected chi connectivity index (χ3v) is 5.25. The summed E-state index contributed by atoms with van der Waals surface area (Å²) < 4.78 is 7.37. The van der Waals surface area contributed by atoms with E-state index in [0.717, 1.165) is 17.1 Å². The molecule has 31 heavy (non-hydrogen) atoms. The highest BCUT2D eigenvalue weighted by Gasteiger charge is 2.28. The van der Waals surface area contributed by atoms with E-state index in [1.165, 1.54) is 22.0 Å². The average molecular weight is 415 g/mol. The van der Waals surface area contributed by atoms with E-state index < -0.39 is 0 Å². The summed E-state index contributed by atoms with van der Waals surface area (Å²) in [6.07, 6.45) is 3.26. The number of benzene rings is 2. The number of aromatic nitrogens is 4. The summed E-state index contributed by atoms with van der Waals surface area (Å²) in [4.78, 5) is 16.1. The molecule has 1 unspecified atom stereocenters. The Balaban J connectivity index is 1.55. The number of aromatic amines is 1. The molecule has 0 aliphatic rings. The van der Waals surface area contributed by atoms with Crippen molar-refractivity contribution in [3.8, 4) is 11.4 Å². The molecule has 0 aliphatic carbocycles. The first kappa shape index (κ1) is 20.6. The molecule has 1 atom stereocenters. The molecule has 4 aromatic rings. The third kappa shape index (κ3) is 4.74. The Morgan fingerprint density at radius 3 is 2.19 bits per heavy atom. The number of hydrogen-bond acceptors (Lipinski definition) is 4. The lowest BCUT2D eigenvalue weighted by Crippen LogP contribution is -2.20. The third-order valence-electron chi connectivity index (χ3n) is 5.25. The van der Waals surface area contributed by atoms with Gasteiger partial charge < -0.3 is 4.74 Å². The van der Waals surface area contributed by atoms with Crippen molar-refractivity contribution in [3.63, 3.8) is 0 Å². The number of pyridine rings is 1. The Kier molecular flexibility index (Phi) is 5.71. The number of nitrogens with zero attached hydrogens (tertiary/aromatic N) is 3. The Morgan fingerprint density at radius 2 is 1.65 bits per heavy atom. The minimum absolute atomic E-state index is 0.00429. The van der Waals surface area contributed by atoms with Gasteiger partial charge in [-0.05, 0) is 52.9 Å². The second-order valence-corrected chi connectivity index (χ2v) is 8.60. The molecule has 2 heterocycles. The number of nitrogens with one attached hydrogen (secondary N) is 1. The van der Waals surface area contributed by atoms with Crippen LogP contribution in [0, 0.1) is 5.41 Å². The lowest BCUT2D eigenvalue weighted by atomic mass is 9.72. The van der Waals surface area contributed by atoms with Crippen molar-refractivity contribution in [2.24, 2.45) is 5.41 Å². The molecule has 6 heteroatoms. The van der Waals surface area contributed by atoms with Crippen LogP contribution in [-0.4, -0.2) is 19.7 Å². The highest BCUT2D eigenvalue weighted by molar-refractivity contribution is 5.41. The zero-order chi connectivity index (χ0) is 21.8. The highest BCUT2D eigenvalue weighted by atomic mass is 16.5. The van der Waals surface area contributed by atoms with Gasteiger partial charge in [0.1, 0.15) is 18.7 Å². The molecule has 158 valence electrons. The van der Waals surface area contributed by atoms with Gasteiger partial charge in [0.15, 0.2) is 0 Å². The normalized spacial score (nSPS) is 12.5. The van der Waals surface area contributed by atoms with Gasteiger partial charge >= 0.3 is 5.69 Å². The molecule has 0 saturated heterocycles. The molecule has 0 spiro atoms. The fourth-order valence-corrected chi connectivity index (χ4v) is 3.85. The van der Waals surface area contributed by atoms with Crippen LogP contribution in [0.5, 0.6) is 5.75 Å². The van der Waals surface area contributed by atoms with E-state index in [2.05, 4.69) is 60.2 Å². The number of H-pyrrole nitrogens is 1. The Bertz CT molecular complexity index is 1170. The molecule has 6 nitrogen and oxygen atoms in total. The van der Waals surface area contributed by atoms with Gasteiger partial charge in [0.2, 0.25) is 0 Å². The molecule has 2 aromatic carbocycles. The second kappa shape index (κ2) is 8.60. The van der Waals surface area contributed by atoms with Crippen molar-refractivity contribution in [1.29, 1.82) is 0 Å². The van der Waals surface area contributed by atoms with Crippen molar-refractivity contribution in [1.82, 2.24) is 19.7 Å². The van der Waals surface area contributed by atoms with E-state index in [1.807, 2.05) is 42.5 Å². The predicted octanol–water partition coefficient (Wildman–Crippen LogP) is 4.71. The lowest BCUT2D eigenvalue weighted by molar-refractivity contribution is 0.301. The van der Waals surface area contributed by atoms with E-state index in [4.69, 9.17) is 4.74 Å². The molecular formula is C25H26N4O2. The molecule has 0 saturated carbocycles. The SMILES string of the molecule is CC(C)(C)C(c1ccc(OCc2ccccn2)cc1)c1ccc(-n2cn[nH]c2=O)cc1. The van der Waals surface area contributed by atoms with E-state index in [0.29, 0.717) is 6.61 Å². The summed E-state index contributed by atoms with van der Waals surface area (Å²) in [7, 11) is 0. The largest absolute Gasteiger partial charge is 0.487 e. The number of hydrogen-bond donors (Lipinski definition) is 1. The van der Waals surface area contributed by atoms with E-state index >= 15 is 0 Å². The van der Waals surface area contributed by atoms with Gasteiger partial charge in [-0.1, -0.05) is 51.1 Å². The maximum Gasteiger partial charge on any atom is 0.347 e. The predicted molar refractivity (Wildman–Crippen MR) is 120 cm³/mol. The zero-order valence-corrected chi connectivity index (χ0v) is 17.9. The van der Waals surface area contributed by atoms with Crippen LogP contribution in [0.4, 0.5) is 0 Å². The monoisotopic (exact) mass is 414 g/mol. The summed E-state index contributed by atoms with van der Waals surface area (Å²) in [6.45, 7) is 7.14. The minimum Gasteiger partial charge on any atom is -0.487 e. The van der Waals surface area contributed by atoms with Crippen molar-refractivity contribution in [2.45, 2.75) is 33.3 Å². The van der Waals surface area contributed by atoms with Crippen LogP contribution in [0.3, 0.4) is 0 Å². The molecule has 0 aliphatic heterocycles. The van der Waals surface area contributed by atoms with E-state index in [9.17, 15) is 4.79 Å². The molecule has 4 rings (SSSR count). The van der Waals surface area contributed by atoms with Gasteiger partial charge in [-0.2, -0.15) is 5.10 Å². The topological polar surface area (TPSA) is 72.8 Å². The van der Waals surface area contributed by atoms with Gasteiger partial charge in [-0.15, -0.1) is 0 Å². The van der Waals surface area contributed by atoms with Crippen LogP contribution in [-0.2, 0) is 6.61 Å². The van der Waals surface area contributed by atoms with Crippen molar-refractivity contribution < 1.29 is 4.74 Å². The van der Waals surface area contributed by atoms with E-state index in [-0.39, 0.29) is 17.0 Å². The standard InChI is InChI=1S/C25H26N4O2/c1-25(2,3)23(18-7-11-21(12-8-18)29-17-27-28-24(29)30)19-9-13-22(14-10-19)31-16-20-6-4-5-15-26-20/h4-15,17,23H,16H2,1-3H3,(H,28,30). The van der Waals surface area contributed by atoms with Crippen LogP contribution in [0.15, 0.2) is 84.0 Å². The van der Waals surface area contributed by atoms with Crippen LogP contribution < -0.4 is 10.4 Å². The summed E-state index contributed by atoms with van der Waals surface area (Å²) in [5.74, 6) is 1.00. The van der Waals surface area contributed by atoms with Crippen molar-refractivity contribution in [3.05, 3.63) is 107 Å². The Labute approximate surface area is 181 Å². The number of ether oxygens (including phenoxy) is 1. The Hall–Kier alpha value is -3.67. The fraction of sp³-hybridized carbons (Fsp3) is 0.240. The quantitative estimate of drug-likeness (QED) is 0.496. The van der Waals surface area contributed by atoms with Crippen molar-refractivity contribution in [2.75, 3.05) is 0 Å². The van der Waals surface area contributed by atoms with Crippen molar-refractivity contribution >= 4 is 0 Å². The van der Waals surface area contributed by atoms with Gasteiger partial charge in [-0.25, -0.2) is 14.5 Å². The molecule has 0 fully saturated rings. The lowest BCUT2D eigenvalue weighted by Gasteiger charge is -2.32. The van der Waals surface area contributed by atoms with Crippen LogP contribution >= 0.6 is 0 Å². The van der Waals surface area contributed by atoms with Crippen LogP contribution in [0.2, 0.25) is 0 Å². The van der Waals surface area contributed by atoms with Gasteiger partial charge in [0.05, 0.1) is 11.4 Å². The maximum atomic E-state index is 11.8. The smallest absolute Gasteiger partial charge is 0.347 e. The van der Waals surface area contributed by atoms with Crippen LogP contribution in [0.1, 0.15) is 43.5 Å². The number of rotatable bonds is 6. The van der Waals surface area contributed by atoms with Gasteiger partial charge in [0.25, 0.3) is 0 Å². The first-order chi connectivity index (χ1) is 14.9. The second-order valence-electron chi connectivity index (χ2n) is 8.60. The molecule has 0 radical (unpaired) electrons. The first-order valence-corrected chi connectivity index (χ1v) is 10.3. The van der Waals surface area contributed by atoms with Crippen LogP contribution in [0.25, 0.3) is 5.69 Å². The first-order valence-electron chi connectivity index (χ1n) is 10.3. The maximum absolute atomic E-state index is 11.8. The fourth-order valence-electron chi connectivity index (χ4n) is 3.85. The summed E-state index contributed by atoms with van der Waals surface area (Å²) in [5.41, 5.74) is 3.84. The van der Waals surface area contributed by atoms with E-state index in [1.54, 1.807) is 6.20 Å². The molecule has 2 aromatic heterocycles. The molecular weight excluding hydrogens is 388 g/mol. The minimum atomic E-state index is -0.249. The van der Waals surface area contributed by atoms with Gasteiger partial charge in [-0.3, -0.25) is 4.98 Å². The molecule has 0 bridgehead atoms. The summed E-state index contributed by atoms with van der Waals surface area (Å²) >= 11 is 0. The Morgan fingerprint density at radius 1 is 0.968 bits per heavy atom. The summed E-state index contributed by atoms with van der Waals surface area (Å²) in [5, 5.41) is 6.22. The van der Waals surface area contributed by atoms with Gasteiger partial charge in [0, 0.05) is 12.1 Å².